The first-order chi connectivity index (χ1) is 14.1. The molecule has 1 aliphatic rings. The molecule has 0 atom stereocenters. The molecule has 1 saturated heterocycles. The lowest BCUT2D eigenvalue weighted by Gasteiger charge is -2.34. The summed E-state index contributed by atoms with van der Waals surface area (Å²) in [4.78, 5) is 42.6. The van der Waals surface area contributed by atoms with E-state index < -0.39 is 0 Å². The minimum atomic E-state index is -0.298. The Bertz CT molecular complexity index is 824. The van der Waals surface area contributed by atoms with E-state index in [1.807, 2.05) is 17.0 Å². The van der Waals surface area contributed by atoms with Crippen LogP contribution >= 0.6 is 0 Å². The molecule has 0 saturated carbocycles. The molecule has 2 aromatic heterocycles. The second-order valence-electron chi connectivity index (χ2n) is 6.75. The van der Waals surface area contributed by atoms with Crippen molar-refractivity contribution in [1.82, 2.24) is 24.8 Å². The van der Waals surface area contributed by atoms with Crippen molar-refractivity contribution in [2.75, 3.05) is 51.3 Å². The van der Waals surface area contributed by atoms with Crippen molar-refractivity contribution in [2.45, 2.75) is 13.3 Å². The standard InChI is InChI=1S/C20H26N6O3/c1-3-29-20(28)26-14-12-25(13-15-26)19-22-10-6-17(23-19)18(27)24(2)11-7-16-4-8-21-9-5-16/h4-6,8-10H,3,7,11-15H2,1-2H3. The zero-order valence-electron chi connectivity index (χ0n) is 16.8. The highest BCUT2D eigenvalue weighted by Crippen LogP contribution is 2.13. The van der Waals surface area contributed by atoms with Gasteiger partial charge in [0.15, 0.2) is 0 Å². The molecule has 29 heavy (non-hydrogen) atoms. The largest absolute Gasteiger partial charge is 0.450 e. The number of piperazine rings is 1. The average molecular weight is 398 g/mol. The van der Waals surface area contributed by atoms with Crippen LogP contribution in [0, 0.1) is 0 Å². The lowest BCUT2D eigenvalue weighted by Crippen LogP contribution is -2.49. The molecule has 154 valence electrons. The summed E-state index contributed by atoms with van der Waals surface area (Å²) < 4.78 is 5.04. The van der Waals surface area contributed by atoms with Gasteiger partial charge in [0.25, 0.3) is 5.91 Å². The smallest absolute Gasteiger partial charge is 0.409 e. The highest BCUT2D eigenvalue weighted by molar-refractivity contribution is 5.92. The van der Waals surface area contributed by atoms with Gasteiger partial charge in [0.2, 0.25) is 5.95 Å². The van der Waals surface area contributed by atoms with Crippen LogP contribution in [0.25, 0.3) is 0 Å². The van der Waals surface area contributed by atoms with Crippen LogP contribution in [0.3, 0.4) is 0 Å². The molecule has 0 aliphatic carbocycles. The molecule has 0 radical (unpaired) electrons. The fourth-order valence-corrected chi connectivity index (χ4v) is 3.07. The molecule has 3 rings (SSSR count). The van der Waals surface area contributed by atoms with Crippen molar-refractivity contribution in [2.24, 2.45) is 0 Å². The monoisotopic (exact) mass is 398 g/mol. The second-order valence-corrected chi connectivity index (χ2v) is 6.75. The summed E-state index contributed by atoms with van der Waals surface area (Å²) in [6.45, 7) is 4.99. The first-order valence-corrected chi connectivity index (χ1v) is 9.72. The maximum absolute atomic E-state index is 12.7. The summed E-state index contributed by atoms with van der Waals surface area (Å²) >= 11 is 0. The highest BCUT2D eigenvalue weighted by atomic mass is 16.6. The van der Waals surface area contributed by atoms with Gasteiger partial charge < -0.3 is 19.4 Å². The van der Waals surface area contributed by atoms with Crippen LogP contribution in [0.15, 0.2) is 36.8 Å². The number of carbonyl (C=O) groups excluding carboxylic acids is 2. The van der Waals surface area contributed by atoms with Crippen LogP contribution in [-0.4, -0.2) is 83.1 Å². The van der Waals surface area contributed by atoms with E-state index in [1.165, 1.54) is 0 Å². The fraction of sp³-hybridized carbons (Fsp3) is 0.450. The van der Waals surface area contributed by atoms with Crippen molar-refractivity contribution in [1.29, 1.82) is 0 Å². The zero-order valence-corrected chi connectivity index (χ0v) is 16.8. The van der Waals surface area contributed by atoms with Gasteiger partial charge in [-0.05, 0) is 37.1 Å². The first-order valence-electron chi connectivity index (χ1n) is 9.72. The Hall–Kier alpha value is -3.23. The first kappa shape index (κ1) is 20.5. The minimum Gasteiger partial charge on any atom is -0.450 e. The quantitative estimate of drug-likeness (QED) is 0.727. The van der Waals surface area contributed by atoms with Crippen molar-refractivity contribution < 1.29 is 14.3 Å². The molecule has 2 amide bonds. The number of nitrogens with zero attached hydrogens (tertiary/aromatic N) is 6. The number of rotatable bonds is 6. The third kappa shape index (κ3) is 5.40. The van der Waals surface area contributed by atoms with Gasteiger partial charge in [-0.1, -0.05) is 0 Å². The third-order valence-electron chi connectivity index (χ3n) is 4.78. The third-order valence-corrected chi connectivity index (χ3v) is 4.78. The normalized spacial score (nSPS) is 13.9. The number of likely N-dealkylation sites (N-methyl/N-ethyl adjacent to an activating group) is 1. The molecule has 3 heterocycles. The van der Waals surface area contributed by atoms with E-state index in [1.54, 1.807) is 48.4 Å². The minimum absolute atomic E-state index is 0.145. The Balaban J connectivity index is 1.57. The van der Waals surface area contributed by atoms with E-state index in [0.717, 1.165) is 12.0 Å². The number of ether oxygens (including phenoxy) is 1. The SMILES string of the molecule is CCOC(=O)N1CCN(c2nccc(C(=O)N(C)CCc3ccncc3)n2)CC1. The predicted molar refractivity (Wildman–Crippen MR) is 108 cm³/mol. The Morgan fingerprint density at radius 2 is 1.83 bits per heavy atom. The molecule has 0 spiro atoms. The van der Waals surface area contributed by atoms with Gasteiger partial charge in [-0.25, -0.2) is 14.8 Å². The number of amides is 2. The Morgan fingerprint density at radius 1 is 1.10 bits per heavy atom. The molecular formula is C20H26N6O3. The summed E-state index contributed by atoms with van der Waals surface area (Å²) in [7, 11) is 1.77. The van der Waals surface area contributed by atoms with E-state index >= 15 is 0 Å². The summed E-state index contributed by atoms with van der Waals surface area (Å²) in [5.74, 6) is 0.356. The maximum atomic E-state index is 12.7. The van der Waals surface area contributed by atoms with Gasteiger partial charge in [-0.2, -0.15) is 0 Å². The Kier molecular flexibility index (Phi) is 6.94. The van der Waals surface area contributed by atoms with E-state index in [-0.39, 0.29) is 12.0 Å². The van der Waals surface area contributed by atoms with Crippen LogP contribution < -0.4 is 4.90 Å². The number of anilines is 1. The number of hydrogen-bond donors (Lipinski definition) is 0. The van der Waals surface area contributed by atoms with Crippen molar-refractivity contribution in [3.63, 3.8) is 0 Å². The summed E-state index contributed by atoms with van der Waals surface area (Å²) in [6.07, 6.45) is 5.54. The molecule has 0 unspecified atom stereocenters. The summed E-state index contributed by atoms with van der Waals surface area (Å²) in [5.41, 5.74) is 1.49. The predicted octanol–water partition coefficient (Wildman–Crippen LogP) is 1.46. The van der Waals surface area contributed by atoms with Crippen LogP contribution in [0.5, 0.6) is 0 Å². The molecule has 0 bridgehead atoms. The number of hydrogen-bond acceptors (Lipinski definition) is 7. The van der Waals surface area contributed by atoms with Gasteiger partial charge >= 0.3 is 6.09 Å². The van der Waals surface area contributed by atoms with E-state index in [2.05, 4.69) is 15.0 Å². The summed E-state index contributed by atoms with van der Waals surface area (Å²) in [6, 6.07) is 5.51. The average Bonchev–Trinajstić information content (AvgIpc) is 2.78. The molecule has 0 N–H and O–H groups in total. The van der Waals surface area contributed by atoms with Gasteiger partial charge in [-0.3, -0.25) is 9.78 Å². The van der Waals surface area contributed by atoms with Crippen LogP contribution in [0.2, 0.25) is 0 Å². The van der Waals surface area contributed by atoms with Crippen LogP contribution in [0.4, 0.5) is 10.7 Å². The lowest BCUT2D eigenvalue weighted by atomic mass is 10.2. The van der Waals surface area contributed by atoms with Crippen molar-refractivity contribution in [3.8, 4) is 0 Å². The number of aromatic nitrogens is 3. The van der Waals surface area contributed by atoms with Gasteiger partial charge in [0.05, 0.1) is 6.61 Å². The Morgan fingerprint density at radius 3 is 2.52 bits per heavy atom. The number of pyridine rings is 1. The topological polar surface area (TPSA) is 91.8 Å². The van der Waals surface area contributed by atoms with Crippen molar-refractivity contribution >= 4 is 17.9 Å². The zero-order chi connectivity index (χ0) is 20.6. The molecule has 9 heteroatoms. The van der Waals surface area contributed by atoms with E-state index in [0.29, 0.717) is 51.0 Å². The maximum Gasteiger partial charge on any atom is 0.409 e. The molecular weight excluding hydrogens is 372 g/mol. The molecule has 0 aromatic carbocycles. The van der Waals surface area contributed by atoms with Gasteiger partial charge in [0, 0.05) is 58.4 Å². The molecule has 2 aromatic rings. The van der Waals surface area contributed by atoms with Gasteiger partial charge in [-0.15, -0.1) is 0 Å². The van der Waals surface area contributed by atoms with Gasteiger partial charge in [0.1, 0.15) is 5.69 Å². The Labute approximate surface area is 170 Å². The van der Waals surface area contributed by atoms with Crippen LogP contribution in [-0.2, 0) is 11.2 Å². The number of carbonyl (C=O) groups is 2. The van der Waals surface area contributed by atoms with E-state index in [9.17, 15) is 9.59 Å². The molecule has 1 aliphatic heterocycles. The van der Waals surface area contributed by atoms with Crippen LogP contribution in [0.1, 0.15) is 23.0 Å². The van der Waals surface area contributed by atoms with E-state index in [4.69, 9.17) is 4.74 Å². The summed E-state index contributed by atoms with van der Waals surface area (Å²) in [5, 5.41) is 0. The fourth-order valence-electron chi connectivity index (χ4n) is 3.07. The lowest BCUT2D eigenvalue weighted by molar-refractivity contribution is 0.0790. The second kappa shape index (κ2) is 9.81. The van der Waals surface area contributed by atoms with Crippen molar-refractivity contribution in [3.05, 3.63) is 48.0 Å². The highest BCUT2D eigenvalue weighted by Gasteiger charge is 2.24. The molecule has 1 fully saturated rings. The molecule has 9 nitrogen and oxygen atoms in total.